The van der Waals surface area contributed by atoms with Crippen molar-refractivity contribution in [2.24, 2.45) is 5.92 Å². The van der Waals surface area contributed by atoms with E-state index in [0.29, 0.717) is 18.9 Å². The highest BCUT2D eigenvalue weighted by Crippen LogP contribution is 2.15. The number of fused-ring (bicyclic) bond motifs is 1. The fourth-order valence-corrected chi connectivity index (χ4v) is 3.58. The summed E-state index contributed by atoms with van der Waals surface area (Å²) in [7, 11) is 0. The van der Waals surface area contributed by atoms with Crippen LogP contribution in [0.2, 0.25) is 0 Å². The molecule has 0 fully saturated rings. The zero-order chi connectivity index (χ0) is 18.5. The van der Waals surface area contributed by atoms with E-state index in [0.717, 1.165) is 49.4 Å². The lowest BCUT2D eigenvalue weighted by Gasteiger charge is -2.21. The van der Waals surface area contributed by atoms with Gasteiger partial charge in [-0.2, -0.15) is 5.10 Å². The lowest BCUT2D eigenvalue weighted by atomic mass is 10.1. The second kappa shape index (κ2) is 8.49. The molecule has 1 aromatic carbocycles. The molecule has 26 heavy (non-hydrogen) atoms. The number of amides is 1. The molecule has 140 valence electrons. The number of nitrogens with one attached hydrogen (secondary N) is 1. The minimum Gasteiger partial charge on any atom is -0.350 e. The van der Waals surface area contributed by atoms with E-state index in [1.807, 2.05) is 31.2 Å². The summed E-state index contributed by atoms with van der Waals surface area (Å²) in [6.45, 7) is 11.2. The molecule has 0 radical (unpaired) electrons. The van der Waals surface area contributed by atoms with E-state index in [9.17, 15) is 4.79 Å². The van der Waals surface area contributed by atoms with Gasteiger partial charge >= 0.3 is 0 Å². The Balaban J connectivity index is 1.56. The largest absolute Gasteiger partial charge is 0.350 e. The molecule has 0 spiro atoms. The fourth-order valence-electron chi connectivity index (χ4n) is 3.58. The third-order valence-corrected chi connectivity index (χ3v) is 4.85. The zero-order valence-electron chi connectivity index (χ0n) is 16.2. The quantitative estimate of drug-likeness (QED) is 0.868. The first-order valence-corrected chi connectivity index (χ1v) is 9.60. The average Bonchev–Trinajstić information content (AvgIpc) is 2.87. The lowest BCUT2D eigenvalue weighted by Crippen LogP contribution is -2.27. The first-order chi connectivity index (χ1) is 12.5. The van der Waals surface area contributed by atoms with E-state index >= 15 is 0 Å². The van der Waals surface area contributed by atoms with Crippen LogP contribution in [0.25, 0.3) is 0 Å². The summed E-state index contributed by atoms with van der Waals surface area (Å²) in [5.41, 5.74) is 4.44. The number of aryl methyl sites for hydroxylation is 2. The van der Waals surface area contributed by atoms with Crippen LogP contribution in [0.3, 0.4) is 0 Å². The van der Waals surface area contributed by atoms with Crippen molar-refractivity contribution in [2.45, 2.75) is 53.2 Å². The van der Waals surface area contributed by atoms with Gasteiger partial charge in [0.1, 0.15) is 0 Å². The molecule has 0 saturated heterocycles. The van der Waals surface area contributed by atoms with Crippen molar-refractivity contribution in [3.05, 3.63) is 52.8 Å². The topological polar surface area (TPSA) is 50.2 Å². The monoisotopic (exact) mass is 354 g/mol. The van der Waals surface area contributed by atoms with Crippen LogP contribution in [-0.2, 0) is 30.8 Å². The number of carbonyl (C=O) groups excluding carboxylic acids is 1. The Hall–Kier alpha value is -2.14. The smallest absolute Gasteiger partial charge is 0.224 e. The highest BCUT2D eigenvalue weighted by atomic mass is 16.1. The molecule has 0 saturated carbocycles. The molecule has 2 heterocycles. The summed E-state index contributed by atoms with van der Waals surface area (Å²) in [4.78, 5) is 14.8. The molecule has 0 atom stereocenters. The number of hydrogen-bond donors (Lipinski definition) is 1. The zero-order valence-corrected chi connectivity index (χ0v) is 16.2. The lowest BCUT2D eigenvalue weighted by molar-refractivity contribution is -0.120. The Morgan fingerprint density at radius 1 is 1.27 bits per heavy atom. The summed E-state index contributed by atoms with van der Waals surface area (Å²) in [5, 5.41) is 7.71. The van der Waals surface area contributed by atoms with Gasteiger partial charge in [-0.25, -0.2) is 0 Å². The number of rotatable bonds is 6. The van der Waals surface area contributed by atoms with Crippen molar-refractivity contribution in [3.63, 3.8) is 0 Å². The van der Waals surface area contributed by atoms with Crippen molar-refractivity contribution in [3.8, 4) is 0 Å². The minimum absolute atomic E-state index is 0.0453. The van der Waals surface area contributed by atoms with Crippen molar-refractivity contribution >= 4 is 5.91 Å². The maximum Gasteiger partial charge on any atom is 0.224 e. The third-order valence-electron chi connectivity index (χ3n) is 4.85. The summed E-state index contributed by atoms with van der Waals surface area (Å²) in [5.74, 6) is 0.716. The molecule has 1 aromatic heterocycles. The first kappa shape index (κ1) is 18.6. The summed E-state index contributed by atoms with van der Waals surface area (Å²) < 4.78 is 2.11. The van der Waals surface area contributed by atoms with Crippen molar-refractivity contribution < 1.29 is 4.79 Å². The van der Waals surface area contributed by atoms with Crippen molar-refractivity contribution in [1.29, 1.82) is 0 Å². The van der Waals surface area contributed by atoms with Crippen LogP contribution >= 0.6 is 0 Å². The number of hydrogen-bond acceptors (Lipinski definition) is 3. The molecule has 5 heteroatoms. The summed E-state index contributed by atoms with van der Waals surface area (Å²) >= 11 is 0. The van der Waals surface area contributed by atoms with Crippen molar-refractivity contribution in [1.82, 2.24) is 20.0 Å². The SMILES string of the molecule is Cc1ccccc1CC(=O)NCc1cc2n(n1)CCCN(CC(C)C)C2. The Kier molecular flexibility index (Phi) is 6.09. The van der Waals surface area contributed by atoms with Gasteiger partial charge in [-0.05, 0) is 36.5 Å². The minimum atomic E-state index is 0.0453. The molecule has 2 aromatic rings. The Bertz CT molecular complexity index is 750. The Morgan fingerprint density at radius 3 is 2.85 bits per heavy atom. The van der Waals surface area contributed by atoms with E-state index < -0.39 is 0 Å². The summed E-state index contributed by atoms with van der Waals surface area (Å²) in [6, 6.07) is 10.2. The second-order valence-electron chi connectivity index (χ2n) is 7.71. The van der Waals surface area contributed by atoms with Gasteiger partial charge in [0, 0.05) is 26.2 Å². The molecule has 0 bridgehead atoms. The molecule has 0 aliphatic carbocycles. The van der Waals surface area contributed by atoms with Gasteiger partial charge in [-0.3, -0.25) is 14.4 Å². The van der Waals surface area contributed by atoms with Gasteiger partial charge in [-0.15, -0.1) is 0 Å². The van der Waals surface area contributed by atoms with Gasteiger partial charge in [0.2, 0.25) is 5.91 Å². The molecule has 1 amide bonds. The van der Waals surface area contributed by atoms with Gasteiger partial charge in [0.05, 0.1) is 24.4 Å². The van der Waals surface area contributed by atoms with Crippen LogP contribution in [0.5, 0.6) is 0 Å². The third kappa shape index (κ3) is 4.94. The van der Waals surface area contributed by atoms with Crippen LogP contribution in [0.15, 0.2) is 30.3 Å². The van der Waals surface area contributed by atoms with Crippen LogP contribution in [-0.4, -0.2) is 33.7 Å². The average molecular weight is 354 g/mol. The van der Waals surface area contributed by atoms with Crippen LogP contribution < -0.4 is 5.32 Å². The predicted molar refractivity (Wildman–Crippen MR) is 104 cm³/mol. The van der Waals surface area contributed by atoms with Gasteiger partial charge in [-0.1, -0.05) is 38.1 Å². The van der Waals surface area contributed by atoms with E-state index in [-0.39, 0.29) is 5.91 Å². The molecule has 1 aliphatic rings. The number of benzene rings is 1. The summed E-state index contributed by atoms with van der Waals surface area (Å²) in [6.07, 6.45) is 1.54. The van der Waals surface area contributed by atoms with E-state index in [4.69, 9.17) is 5.10 Å². The standard InChI is InChI=1S/C21H30N4O/c1-16(2)14-24-9-6-10-25-20(15-24)12-19(23-25)13-22-21(26)11-18-8-5-4-7-17(18)3/h4-5,7-8,12,16H,6,9-11,13-15H2,1-3H3,(H,22,26). The number of aromatic nitrogens is 2. The normalized spacial score (nSPS) is 14.9. The van der Waals surface area contributed by atoms with Crippen LogP contribution in [0, 0.1) is 12.8 Å². The predicted octanol–water partition coefficient (Wildman–Crippen LogP) is 2.91. The first-order valence-electron chi connectivity index (χ1n) is 9.60. The molecule has 1 N–H and O–H groups in total. The molecule has 0 unspecified atom stereocenters. The van der Waals surface area contributed by atoms with Crippen LogP contribution in [0.4, 0.5) is 0 Å². The Morgan fingerprint density at radius 2 is 2.08 bits per heavy atom. The molecular weight excluding hydrogens is 324 g/mol. The molecule has 3 rings (SSSR count). The van der Waals surface area contributed by atoms with Crippen LogP contribution in [0.1, 0.15) is 42.8 Å². The van der Waals surface area contributed by atoms with Crippen molar-refractivity contribution in [2.75, 3.05) is 13.1 Å². The van der Waals surface area contributed by atoms with E-state index in [1.54, 1.807) is 0 Å². The second-order valence-corrected chi connectivity index (χ2v) is 7.71. The molecule has 5 nitrogen and oxygen atoms in total. The fraction of sp³-hybridized carbons (Fsp3) is 0.524. The van der Waals surface area contributed by atoms with Gasteiger partial charge in [0.25, 0.3) is 0 Å². The maximum absolute atomic E-state index is 12.3. The highest BCUT2D eigenvalue weighted by molar-refractivity contribution is 5.78. The highest BCUT2D eigenvalue weighted by Gasteiger charge is 2.17. The Labute approximate surface area is 156 Å². The maximum atomic E-state index is 12.3. The van der Waals surface area contributed by atoms with E-state index in [1.165, 1.54) is 5.69 Å². The molecule has 1 aliphatic heterocycles. The van der Waals surface area contributed by atoms with Gasteiger partial charge < -0.3 is 5.32 Å². The van der Waals surface area contributed by atoms with Gasteiger partial charge in [0.15, 0.2) is 0 Å². The number of carbonyl (C=O) groups is 1. The van der Waals surface area contributed by atoms with E-state index in [2.05, 4.69) is 34.8 Å². The molecular formula is C21H30N4O. The number of nitrogens with zero attached hydrogens (tertiary/aromatic N) is 3.